The second kappa shape index (κ2) is 10.6. The number of benzene rings is 2. The minimum absolute atomic E-state index is 0.0245. The van der Waals surface area contributed by atoms with E-state index >= 15 is 4.39 Å². The first-order chi connectivity index (χ1) is 18.9. The van der Waals surface area contributed by atoms with Crippen LogP contribution in [0.3, 0.4) is 0 Å². The summed E-state index contributed by atoms with van der Waals surface area (Å²) in [5.74, 6) is -2.13. The van der Waals surface area contributed by atoms with Crippen molar-refractivity contribution in [2.75, 3.05) is 23.7 Å². The number of carbonyl (C=O) groups excluding carboxylic acids is 2. The first kappa shape index (κ1) is 28.2. The maximum Gasteiger partial charge on any atom is 0.250 e. The van der Waals surface area contributed by atoms with Gasteiger partial charge in [0.05, 0.1) is 39.9 Å². The monoisotopic (exact) mass is 589 g/mol. The number of nitrogens with two attached hydrogens (primary N) is 1. The number of likely N-dealkylation sites (tertiary alicyclic amines) is 1. The fraction of sp³-hybridized carbons (Fsp3) is 0.407. The average Bonchev–Trinajstić information content (AvgIpc) is 3.38. The highest BCUT2D eigenvalue weighted by Gasteiger charge is 2.38. The van der Waals surface area contributed by atoms with Crippen LogP contribution in [-0.4, -0.2) is 60.2 Å². The highest BCUT2D eigenvalue weighted by molar-refractivity contribution is 7.91. The van der Waals surface area contributed by atoms with E-state index in [-0.39, 0.29) is 40.4 Å². The second-order valence-electron chi connectivity index (χ2n) is 10.8. The lowest BCUT2D eigenvalue weighted by atomic mass is 9.91. The van der Waals surface area contributed by atoms with Crippen molar-refractivity contribution in [1.29, 1.82) is 0 Å². The summed E-state index contributed by atoms with van der Waals surface area (Å²) < 4.78 is 47.6. The first-order valence-electron chi connectivity index (χ1n) is 12.9. The van der Waals surface area contributed by atoms with Crippen LogP contribution in [0, 0.1) is 5.82 Å². The number of hydrogen-bond acceptors (Lipinski definition) is 8. The van der Waals surface area contributed by atoms with Crippen molar-refractivity contribution < 1.29 is 26.8 Å². The standard InChI is InChI=1S/C27H29ClFN5O5S/c1-27(2,15-33-10-4-3-5-23(33)35)26-32-31-24(39-26)18-11-21-22(12-19(18)29)40(37,38)14-20(30)25(36)34(21)13-16-6-8-17(28)9-7-16/h6-9,11-12,20H,3-5,10,13-15,30H2,1-2H3/t20-/m0/s1. The van der Waals surface area contributed by atoms with Gasteiger partial charge >= 0.3 is 0 Å². The molecule has 2 N–H and O–H groups in total. The summed E-state index contributed by atoms with van der Waals surface area (Å²) in [6, 6.07) is 7.44. The van der Waals surface area contributed by atoms with Crippen molar-refractivity contribution >= 4 is 38.9 Å². The van der Waals surface area contributed by atoms with Gasteiger partial charge in [0.1, 0.15) is 5.82 Å². The van der Waals surface area contributed by atoms with Crippen molar-refractivity contribution in [1.82, 2.24) is 15.1 Å². The van der Waals surface area contributed by atoms with Gasteiger partial charge in [0.2, 0.25) is 17.7 Å². The van der Waals surface area contributed by atoms with Gasteiger partial charge in [0.15, 0.2) is 9.84 Å². The predicted molar refractivity (Wildman–Crippen MR) is 146 cm³/mol. The summed E-state index contributed by atoms with van der Waals surface area (Å²) >= 11 is 5.99. The molecule has 2 aromatic carbocycles. The Bertz CT molecular complexity index is 1570. The van der Waals surface area contributed by atoms with E-state index in [9.17, 15) is 18.0 Å². The number of fused-ring (bicyclic) bond motifs is 1. The van der Waals surface area contributed by atoms with Gasteiger partial charge in [0, 0.05) is 24.5 Å². The molecule has 10 nitrogen and oxygen atoms in total. The van der Waals surface area contributed by atoms with Gasteiger partial charge < -0.3 is 20.0 Å². The number of carbonyl (C=O) groups is 2. The normalized spacial score (nSPS) is 19.5. The van der Waals surface area contributed by atoms with Crippen molar-refractivity contribution in [3.05, 3.63) is 58.7 Å². The molecular weight excluding hydrogens is 561 g/mol. The van der Waals surface area contributed by atoms with E-state index in [0.29, 0.717) is 30.1 Å². The fourth-order valence-electron chi connectivity index (χ4n) is 5.00. The van der Waals surface area contributed by atoms with Gasteiger partial charge in [-0.05, 0) is 56.5 Å². The number of rotatable bonds is 6. The fourth-order valence-corrected chi connectivity index (χ4v) is 6.69. The summed E-state index contributed by atoms with van der Waals surface area (Å²) in [6.45, 7) is 4.65. The van der Waals surface area contributed by atoms with Crippen LogP contribution in [0.25, 0.3) is 11.5 Å². The molecule has 1 aromatic heterocycles. The third-order valence-corrected chi connectivity index (χ3v) is 9.20. The SMILES string of the molecule is CC(C)(CN1CCCCC1=O)c1nnc(-c2cc3c(cc2F)S(=O)(=O)C[C@H](N)C(=O)N3Cc2ccc(Cl)cc2)o1. The number of halogens is 2. The maximum atomic E-state index is 15.5. The maximum absolute atomic E-state index is 15.5. The highest BCUT2D eigenvalue weighted by Crippen LogP contribution is 2.38. The van der Waals surface area contributed by atoms with Crippen LogP contribution in [0.5, 0.6) is 0 Å². The molecule has 2 aliphatic heterocycles. The van der Waals surface area contributed by atoms with Crippen LogP contribution in [0.15, 0.2) is 45.7 Å². The molecule has 0 aliphatic carbocycles. The Kier molecular flexibility index (Phi) is 7.45. The van der Waals surface area contributed by atoms with Gasteiger partial charge in [-0.3, -0.25) is 9.59 Å². The zero-order valence-electron chi connectivity index (χ0n) is 22.1. The Labute approximate surface area is 236 Å². The quantitative estimate of drug-likeness (QED) is 0.461. The smallest absolute Gasteiger partial charge is 0.250 e. The Morgan fingerprint density at radius 2 is 1.88 bits per heavy atom. The minimum atomic E-state index is -4.11. The van der Waals surface area contributed by atoms with E-state index in [1.54, 1.807) is 29.2 Å². The van der Waals surface area contributed by atoms with Crippen LogP contribution in [0.2, 0.25) is 5.02 Å². The largest absolute Gasteiger partial charge is 0.420 e. The zero-order chi connectivity index (χ0) is 28.8. The number of piperidine rings is 1. The number of hydrogen-bond donors (Lipinski definition) is 1. The van der Waals surface area contributed by atoms with Crippen LogP contribution >= 0.6 is 11.6 Å². The topological polar surface area (TPSA) is 140 Å². The van der Waals surface area contributed by atoms with Gasteiger partial charge in [-0.25, -0.2) is 12.8 Å². The minimum Gasteiger partial charge on any atom is -0.420 e. The van der Waals surface area contributed by atoms with Gasteiger partial charge in [-0.1, -0.05) is 23.7 Å². The molecule has 0 bridgehead atoms. The molecule has 13 heteroatoms. The van der Waals surface area contributed by atoms with Gasteiger partial charge in [-0.15, -0.1) is 10.2 Å². The number of nitrogens with zero attached hydrogens (tertiary/aromatic N) is 4. The molecule has 3 heterocycles. The molecule has 0 radical (unpaired) electrons. The van der Waals surface area contributed by atoms with Gasteiger partial charge in [-0.2, -0.15) is 0 Å². The molecule has 1 fully saturated rings. The molecule has 2 aliphatic rings. The molecule has 2 amide bonds. The van der Waals surface area contributed by atoms with Crippen LogP contribution in [-0.2, 0) is 31.4 Å². The number of amides is 2. The van der Waals surface area contributed by atoms with Crippen LogP contribution in [0.4, 0.5) is 10.1 Å². The van der Waals surface area contributed by atoms with E-state index in [1.165, 1.54) is 11.0 Å². The van der Waals surface area contributed by atoms with E-state index in [2.05, 4.69) is 10.2 Å². The molecule has 0 spiro atoms. The first-order valence-corrected chi connectivity index (χ1v) is 14.9. The molecule has 5 rings (SSSR count). The Hall–Kier alpha value is -3.35. The third kappa shape index (κ3) is 5.48. The Morgan fingerprint density at radius 1 is 1.15 bits per heavy atom. The van der Waals surface area contributed by atoms with Crippen molar-refractivity contribution in [2.24, 2.45) is 5.73 Å². The Balaban J connectivity index is 1.54. The molecular formula is C27H29ClFN5O5S. The van der Waals surface area contributed by atoms with E-state index in [1.807, 2.05) is 13.8 Å². The molecule has 0 saturated carbocycles. The number of sulfone groups is 1. The molecule has 3 aromatic rings. The van der Waals surface area contributed by atoms with Crippen LogP contribution < -0.4 is 10.6 Å². The summed E-state index contributed by atoms with van der Waals surface area (Å²) in [5.41, 5.74) is 5.70. The van der Waals surface area contributed by atoms with E-state index in [0.717, 1.165) is 18.9 Å². The average molecular weight is 590 g/mol. The van der Waals surface area contributed by atoms with Crippen molar-refractivity contribution in [3.63, 3.8) is 0 Å². The summed E-state index contributed by atoms with van der Waals surface area (Å²) in [5, 5.41) is 8.65. The molecule has 1 atom stereocenters. The highest BCUT2D eigenvalue weighted by atomic mass is 35.5. The summed E-state index contributed by atoms with van der Waals surface area (Å²) in [7, 11) is -4.11. The lowest BCUT2D eigenvalue weighted by molar-refractivity contribution is -0.134. The number of aromatic nitrogens is 2. The second-order valence-corrected chi connectivity index (χ2v) is 13.2. The van der Waals surface area contributed by atoms with Crippen molar-refractivity contribution in [2.45, 2.75) is 56.0 Å². The van der Waals surface area contributed by atoms with E-state index in [4.69, 9.17) is 21.8 Å². The van der Waals surface area contributed by atoms with Gasteiger partial charge in [0.25, 0.3) is 5.89 Å². The molecule has 212 valence electrons. The zero-order valence-corrected chi connectivity index (χ0v) is 23.6. The van der Waals surface area contributed by atoms with E-state index < -0.39 is 38.8 Å². The Morgan fingerprint density at radius 3 is 2.58 bits per heavy atom. The predicted octanol–water partition coefficient (Wildman–Crippen LogP) is 3.47. The molecule has 1 saturated heterocycles. The lowest BCUT2D eigenvalue weighted by Gasteiger charge is -2.32. The molecule has 40 heavy (non-hydrogen) atoms. The third-order valence-electron chi connectivity index (χ3n) is 7.15. The summed E-state index contributed by atoms with van der Waals surface area (Å²) in [6.07, 6.45) is 2.26. The lowest BCUT2D eigenvalue weighted by Crippen LogP contribution is -2.45. The molecule has 0 unspecified atom stereocenters. The summed E-state index contributed by atoms with van der Waals surface area (Å²) in [4.78, 5) is 28.2. The van der Waals surface area contributed by atoms with Crippen LogP contribution in [0.1, 0.15) is 44.6 Å². The van der Waals surface area contributed by atoms with Crippen molar-refractivity contribution in [3.8, 4) is 11.5 Å². The number of anilines is 1.